The van der Waals surface area contributed by atoms with Gasteiger partial charge in [0.2, 0.25) is 0 Å². The summed E-state index contributed by atoms with van der Waals surface area (Å²) in [5.74, 6) is -0.940. The summed E-state index contributed by atoms with van der Waals surface area (Å²) in [5, 5.41) is 18.3. The Bertz CT molecular complexity index is 1030. The molecule has 0 saturated heterocycles. The van der Waals surface area contributed by atoms with Crippen molar-refractivity contribution < 1.29 is 47.8 Å². The van der Waals surface area contributed by atoms with Gasteiger partial charge in [-0.05, 0) is 64.2 Å². The number of allylic oxidation sites excluding steroid dienone is 6. The van der Waals surface area contributed by atoms with Crippen molar-refractivity contribution in [3.8, 4) is 0 Å². The monoisotopic (exact) mass is 815 g/mol. The molecule has 1 unspecified atom stereocenters. The minimum Gasteiger partial charge on any atom is -0.462 e. The van der Waals surface area contributed by atoms with Gasteiger partial charge in [0.1, 0.15) is 12.7 Å². The topological polar surface area (TPSA) is 149 Å². The maximum absolute atomic E-state index is 12.6. The molecule has 328 valence electrons. The van der Waals surface area contributed by atoms with Gasteiger partial charge in [-0.15, -0.1) is 0 Å². The molecule has 0 aliphatic carbocycles. The second-order valence-corrected chi connectivity index (χ2v) is 16.5. The number of esters is 2. The first-order chi connectivity index (χ1) is 27.2. The van der Waals surface area contributed by atoms with Crippen LogP contribution in [0.15, 0.2) is 36.5 Å². The third-order valence-electron chi connectivity index (χ3n) is 9.52. The molecule has 3 atom stereocenters. The van der Waals surface area contributed by atoms with Crippen molar-refractivity contribution in [1.82, 2.24) is 0 Å². The summed E-state index contributed by atoms with van der Waals surface area (Å²) in [7, 11) is -4.62. The fourth-order valence-electron chi connectivity index (χ4n) is 6.00. The normalized spacial score (nSPS) is 14.2. The van der Waals surface area contributed by atoms with Crippen LogP contribution in [0.3, 0.4) is 0 Å². The van der Waals surface area contributed by atoms with Crippen LogP contribution in [0.25, 0.3) is 0 Å². The Morgan fingerprint density at radius 1 is 0.536 bits per heavy atom. The average Bonchev–Trinajstić information content (AvgIpc) is 3.19. The highest BCUT2D eigenvalue weighted by Gasteiger charge is 2.27. The second kappa shape index (κ2) is 41.4. The van der Waals surface area contributed by atoms with Crippen LogP contribution in [0.5, 0.6) is 0 Å². The van der Waals surface area contributed by atoms with Gasteiger partial charge in [0.25, 0.3) is 0 Å². The first kappa shape index (κ1) is 54.2. The van der Waals surface area contributed by atoms with Gasteiger partial charge in [0, 0.05) is 12.8 Å². The SMILES string of the molecule is CCCC/C=C/C/C=C/CCCCCCCC(=O)OC[C@H](COP(=O)(O)OC[C@@H](O)CO)OC(=O)CCCCCCCCCCC/C=C/CCCCCCCC. The van der Waals surface area contributed by atoms with Crippen molar-refractivity contribution in [2.24, 2.45) is 0 Å². The number of unbranched alkanes of at least 4 members (excludes halogenated alkanes) is 22. The molecule has 0 aliphatic heterocycles. The van der Waals surface area contributed by atoms with Crippen LogP contribution in [0, 0.1) is 0 Å². The summed E-state index contributed by atoms with van der Waals surface area (Å²) in [6.45, 7) is 2.33. The van der Waals surface area contributed by atoms with Gasteiger partial charge >= 0.3 is 19.8 Å². The summed E-state index contributed by atoms with van der Waals surface area (Å²) in [6.07, 6.45) is 42.5. The van der Waals surface area contributed by atoms with Crippen molar-refractivity contribution in [3.63, 3.8) is 0 Å². The fourth-order valence-corrected chi connectivity index (χ4v) is 6.79. The Kier molecular flexibility index (Phi) is 40.0. The third kappa shape index (κ3) is 40.4. The highest BCUT2D eigenvalue weighted by Crippen LogP contribution is 2.43. The van der Waals surface area contributed by atoms with Crippen LogP contribution in [0.4, 0.5) is 0 Å². The van der Waals surface area contributed by atoms with E-state index in [9.17, 15) is 24.2 Å². The Hall–Kier alpha value is -1.81. The van der Waals surface area contributed by atoms with E-state index in [1.54, 1.807) is 0 Å². The molecule has 3 N–H and O–H groups in total. The Morgan fingerprint density at radius 3 is 1.45 bits per heavy atom. The number of carbonyl (C=O) groups is 2. The molecule has 0 aromatic heterocycles. The minimum absolute atomic E-state index is 0.179. The molecule has 0 heterocycles. The lowest BCUT2D eigenvalue weighted by Gasteiger charge is -2.20. The first-order valence-electron chi connectivity index (χ1n) is 22.4. The fraction of sp³-hybridized carbons (Fsp3) is 0.822. The predicted molar refractivity (Wildman–Crippen MR) is 228 cm³/mol. The molecule has 0 saturated carbocycles. The summed E-state index contributed by atoms with van der Waals surface area (Å²) < 4.78 is 32.7. The second-order valence-electron chi connectivity index (χ2n) is 15.1. The maximum atomic E-state index is 12.6. The van der Waals surface area contributed by atoms with Crippen molar-refractivity contribution in [2.45, 2.75) is 212 Å². The van der Waals surface area contributed by atoms with Gasteiger partial charge in [-0.25, -0.2) is 4.57 Å². The third-order valence-corrected chi connectivity index (χ3v) is 10.5. The number of carbonyl (C=O) groups excluding carboxylic acids is 2. The maximum Gasteiger partial charge on any atom is 0.472 e. The number of aliphatic hydroxyl groups excluding tert-OH is 2. The number of phosphoric acid groups is 1. The largest absolute Gasteiger partial charge is 0.472 e. The molecule has 0 aromatic carbocycles. The standard InChI is InChI=1S/C45H83O10P/c1-3-5-7-9-11-13-15-17-19-20-21-22-23-25-27-29-31-33-35-37-45(49)55-43(41-54-56(50,51)53-39-42(47)38-46)40-52-44(48)36-34-32-30-28-26-24-18-16-14-12-10-8-6-4-2/h10,12,16-19,42-43,46-47H,3-9,11,13-15,20-41H2,1-2H3,(H,50,51)/b12-10+,18-16+,19-17+/t42-,43+/m0/s1. The molecule has 11 heteroatoms. The molecular weight excluding hydrogens is 731 g/mol. The van der Waals surface area contributed by atoms with Crippen LogP contribution in [0.1, 0.15) is 200 Å². The molecular formula is C45H83O10P. The molecule has 0 bridgehead atoms. The van der Waals surface area contributed by atoms with Crippen molar-refractivity contribution >= 4 is 19.8 Å². The number of aliphatic hydroxyl groups is 2. The zero-order chi connectivity index (χ0) is 41.2. The molecule has 0 aliphatic rings. The quantitative estimate of drug-likeness (QED) is 0.0235. The van der Waals surface area contributed by atoms with E-state index in [0.717, 1.165) is 64.2 Å². The molecule has 56 heavy (non-hydrogen) atoms. The van der Waals surface area contributed by atoms with Gasteiger partial charge in [0.15, 0.2) is 6.10 Å². The molecule has 0 rings (SSSR count). The van der Waals surface area contributed by atoms with E-state index < -0.39 is 51.8 Å². The molecule has 0 fully saturated rings. The number of rotatable bonds is 42. The van der Waals surface area contributed by atoms with Gasteiger partial charge in [-0.3, -0.25) is 18.6 Å². The zero-order valence-corrected chi connectivity index (χ0v) is 36.5. The summed E-state index contributed by atoms with van der Waals surface area (Å²) in [5.41, 5.74) is 0. The van der Waals surface area contributed by atoms with E-state index >= 15 is 0 Å². The summed E-state index contributed by atoms with van der Waals surface area (Å²) >= 11 is 0. The molecule has 0 spiro atoms. The van der Waals surface area contributed by atoms with Gasteiger partial charge < -0.3 is 24.6 Å². The van der Waals surface area contributed by atoms with Crippen LogP contribution in [-0.2, 0) is 32.7 Å². The predicted octanol–water partition coefficient (Wildman–Crippen LogP) is 11.9. The van der Waals surface area contributed by atoms with Crippen LogP contribution in [-0.4, -0.2) is 65.7 Å². The molecule has 0 aromatic rings. The van der Waals surface area contributed by atoms with Gasteiger partial charge in [-0.1, -0.05) is 159 Å². The Labute approximate surface area is 341 Å². The van der Waals surface area contributed by atoms with E-state index in [2.05, 4.69) is 50.3 Å². The van der Waals surface area contributed by atoms with Crippen molar-refractivity contribution in [2.75, 3.05) is 26.4 Å². The smallest absolute Gasteiger partial charge is 0.462 e. The molecule has 10 nitrogen and oxygen atoms in total. The summed E-state index contributed by atoms with van der Waals surface area (Å²) in [4.78, 5) is 35.0. The average molecular weight is 815 g/mol. The number of ether oxygens (including phenoxy) is 2. The van der Waals surface area contributed by atoms with Crippen LogP contribution in [0.2, 0.25) is 0 Å². The highest BCUT2D eigenvalue weighted by molar-refractivity contribution is 7.47. The van der Waals surface area contributed by atoms with Crippen molar-refractivity contribution in [1.29, 1.82) is 0 Å². The molecule has 0 amide bonds. The zero-order valence-electron chi connectivity index (χ0n) is 35.6. The Balaban J connectivity index is 4.27. The minimum atomic E-state index is -4.62. The lowest BCUT2D eigenvalue weighted by atomic mass is 10.1. The van der Waals surface area contributed by atoms with E-state index in [-0.39, 0.29) is 19.4 Å². The lowest BCUT2D eigenvalue weighted by Crippen LogP contribution is -2.29. The van der Waals surface area contributed by atoms with Gasteiger partial charge in [0.05, 0.1) is 19.8 Å². The van der Waals surface area contributed by atoms with Gasteiger partial charge in [-0.2, -0.15) is 0 Å². The number of phosphoric ester groups is 1. The molecule has 0 radical (unpaired) electrons. The van der Waals surface area contributed by atoms with Crippen LogP contribution < -0.4 is 0 Å². The highest BCUT2D eigenvalue weighted by atomic mass is 31.2. The number of hydrogen-bond donors (Lipinski definition) is 3. The summed E-state index contributed by atoms with van der Waals surface area (Å²) in [6, 6.07) is 0. The van der Waals surface area contributed by atoms with Crippen LogP contribution >= 0.6 is 7.82 Å². The first-order valence-corrected chi connectivity index (χ1v) is 23.9. The van der Waals surface area contributed by atoms with E-state index in [4.69, 9.17) is 23.6 Å². The van der Waals surface area contributed by atoms with E-state index in [0.29, 0.717) is 12.8 Å². The Morgan fingerprint density at radius 2 is 0.946 bits per heavy atom. The lowest BCUT2D eigenvalue weighted by molar-refractivity contribution is -0.161. The van der Waals surface area contributed by atoms with E-state index in [1.165, 1.54) is 96.3 Å². The number of hydrogen-bond acceptors (Lipinski definition) is 9. The van der Waals surface area contributed by atoms with Crippen molar-refractivity contribution in [3.05, 3.63) is 36.5 Å². The van der Waals surface area contributed by atoms with E-state index in [1.807, 2.05) is 0 Å².